The first-order valence-corrected chi connectivity index (χ1v) is 2.44. The van der Waals surface area contributed by atoms with Gasteiger partial charge < -0.3 is 9.53 Å². The largest absolute Gasteiger partial charge is 0.634 e. The third-order valence-electron chi connectivity index (χ3n) is 0.832. The molecule has 1 radical (unpaired) electrons. The summed E-state index contributed by atoms with van der Waals surface area (Å²) >= 11 is 0. The van der Waals surface area contributed by atoms with E-state index in [1.54, 1.807) is 24.3 Å². The van der Waals surface area contributed by atoms with Crippen molar-refractivity contribution in [2.45, 2.75) is 0 Å². The van der Waals surface area contributed by atoms with Crippen molar-refractivity contribution in [3.05, 3.63) is 30.3 Å². The zero-order valence-corrected chi connectivity index (χ0v) is 8.04. The third-order valence-corrected chi connectivity index (χ3v) is 0.832. The summed E-state index contributed by atoms with van der Waals surface area (Å²) < 4.78 is 4.34. The Hall–Kier alpha value is -0.206. The van der Waals surface area contributed by atoms with E-state index in [1.807, 2.05) is 0 Å². The topological polar surface area (TPSA) is 26.3 Å². The molecule has 1 aromatic carbocycles. The Labute approximate surface area is 84.5 Å². The number of rotatable bonds is 2. The van der Waals surface area contributed by atoms with Crippen LogP contribution in [0.2, 0.25) is 0 Å². The smallest absolute Gasteiger partial charge is 0.168 e. The second kappa shape index (κ2) is 5.57. The van der Waals surface area contributed by atoms with Gasteiger partial charge >= 0.3 is 0 Å². The SMILES string of the molecule is O=[C-]Oc1[c-]cccc1.[Y]. The second-order valence-electron chi connectivity index (χ2n) is 1.41. The molecule has 0 aromatic heterocycles. The minimum absolute atomic E-state index is 0. The van der Waals surface area contributed by atoms with Gasteiger partial charge in [0.15, 0.2) is 6.47 Å². The summed E-state index contributed by atoms with van der Waals surface area (Å²) in [7, 11) is 0. The van der Waals surface area contributed by atoms with Crippen LogP contribution in [0.25, 0.3) is 0 Å². The molecule has 0 amide bonds. The Morgan fingerprint density at radius 3 is 2.80 bits per heavy atom. The van der Waals surface area contributed by atoms with Gasteiger partial charge in [-0.15, -0.1) is 5.75 Å². The van der Waals surface area contributed by atoms with Gasteiger partial charge in [0.2, 0.25) is 0 Å². The maximum atomic E-state index is 9.61. The quantitative estimate of drug-likeness (QED) is 0.677. The standard InChI is InChI=1S/C7H4O2.Y/c8-6-9-7-4-2-1-3-5-7;/h1-4H;/q-2;. The molecule has 1 aromatic rings. The predicted octanol–water partition coefficient (Wildman–Crippen LogP) is 0.930. The van der Waals surface area contributed by atoms with Crippen molar-refractivity contribution in [1.82, 2.24) is 0 Å². The number of hydrogen-bond acceptors (Lipinski definition) is 2. The van der Waals surface area contributed by atoms with E-state index in [0.29, 0.717) is 5.75 Å². The Kier molecular flexibility index (Phi) is 5.45. The van der Waals surface area contributed by atoms with Crippen LogP contribution in [0.4, 0.5) is 0 Å². The van der Waals surface area contributed by atoms with E-state index >= 15 is 0 Å². The summed E-state index contributed by atoms with van der Waals surface area (Å²) in [6.45, 7) is 1.30. The molecule has 0 fully saturated rings. The summed E-state index contributed by atoms with van der Waals surface area (Å²) in [5, 5.41) is 0. The van der Waals surface area contributed by atoms with Crippen molar-refractivity contribution in [1.29, 1.82) is 0 Å². The van der Waals surface area contributed by atoms with E-state index in [0.717, 1.165) is 0 Å². The van der Waals surface area contributed by atoms with Crippen LogP contribution in [0.5, 0.6) is 5.75 Å². The molecule has 0 aliphatic rings. The number of ether oxygens (including phenoxy) is 1. The van der Waals surface area contributed by atoms with E-state index in [2.05, 4.69) is 10.8 Å². The van der Waals surface area contributed by atoms with Gasteiger partial charge in [-0.1, -0.05) is 0 Å². The van der Waals surface area contributed by atoms with Crippen LogP contribution in [-0.4, -0.2) is 6.47 Å². The molecule has 0 atom stereocenters. The average molecular weight is 209 g/mol. The van der Waals surface area contributed by atoms with Crippen molar-refractivity contribution < 1.29 is 42.2 Å². The molecular formula is C7H4O2Y-2. The zero-order valence-electron chi connectivity index (χ0n) is 5.20. The monoisotopic (exact) mass is 209 g/mol. The van der Waals surface area contributed by atoms with Gasteiger partial charge in [-0.2, -0.15) is 18.2 Å². The van der Waals surface area contributed by atoms with Crippen molar-refractivity contribution in [2.75, 3.05) is 0 Å². The molecule has 0 heterocycles. The number of benzene rings is 1. The molecule has 0 N–H and O–H groups in total. The molecule has 1 rings (SSSR count). The number of para-hydroxylation sites is 1. The van der Waals surface area contributed by atoms with Gasteiger partial charge in [0.25, 0.3) is 0 Å². The molecule has 49 valence electrons. The Balaban J connectivity index is 0.000000810. The molecule has 2 nitrogen and oxygen atoms in total. The second-order valence-corrected chi connectivity index (χ2v) is 1.41. The van der Waals surface area contributed by atoms with Crippen LogP contribution in [0.3, 0.4) is 0 Å². The van der Waals surface area contributed by atoms with Gasteiger partial charge in [0.1, 0.15) is 0 Å². The molecule has 3 heteroatoms. The van der Waals surface area contributed by atoms with E-state index in [9.17, 15) is 4.79 Å². The van der Waals surface area contributed by atoms with Crippen molar-refractivity contribution in [3.63, 3.8) is 0 Å². The fourth-order valence-electron chi connectivity index (χ4n) is 0.485. The van der Waals surface area contributed by atoms with Crippen molar-refractivity contribution in [2.24, 2.45) is 0 Å². The maximum Gasteiger partial charge on any atom is 0.168 e. The summed E-state index contributed by atoms with van der Waals surface area (Å²) in [5.74, 6) is 0.396. The van der Waals surface area contributed by atoms with Crippen LogP contribution in [-0.2, 0) is 37.5 Å². The molecular weight excluding hydrogens is 205 g/mol. The molecule has 0 aliphatic carbocycles. The zero-order chi connectivity index (χ0) is 6.53. The van der Waals surface area contributed by atoms with Gasteiger partial charge in [-0.25, -0.2) is 12.1 Å². The van der Waals surface area contributed by atoms with Crippen LogP contribution >= 0.6 is 0 Å². The van der Waals surface area contributed by atoms with Crippen LogP contribution < -0.4 is 4.74 Å². The predicted molar refractivity (Wildman–Crippen MR) is 31.6 cm³/mol. The minimum Gasteiger partial charge on any atom is -0.634 e. The summed E-state index contributed by atoms with van der Waals surface area (Å²) in [6, 6.07) is 9.52. The molecule has 0 unspecified atom stereocenters. The fourth-order valence-corrected chi connectivity index (χ4v) is 0.485. The third kappa shape index (κ3) is 3.09. The van der Waals surface area contributed by atoms with Gasteiger partial charge in [-0.3, -0.25) is 0 Å². The van der Waals surface area contributed by atoms with Crippen molar-refractivity contribution in [3.8, 4) is 5.75 Å². The van der Waals surface area contributed by atoms with Crippen molar-refractivity contribution >= 4 is 6.47 Å². The summed E-state index contributed by atoms with van der Waals surface area (Å²) in [5.41, 5.74) is 0. The fraction of sp³-hybridized carbons (Fsp3) is 0. The van der Waals surface area contributed by atoms with E-state index in [4.69, 9.17) is 0 Å². The minimum atomic E-state index is 0. The molecule has 0 saturated heterocycles. The average Bonchev–Trinajstić information content (AvgIpc) is 1.91. The summed E-state index contributed by atoms with van der Waals surface area (Å²) in [6.07, 6.45) is 0. The Morgan fingerprint density at radius 2 is 2.30 bits per heavy atom. The number of carbonyl (C=O) groups excluding carboxylic acids is 1. The van der Waals surface area contributed by atoms with Crippen LogP contribution in [0.15, 0.2) is 24.3 Å². The normalized spacial score (nSPS) is 7.60. The molecule has 0 spiro atoms. The van der Waals surface area contributed by atoms with Gasteiger partial charge in [0, 0.05) is 32.7 Å². The van der Waals surface area contributed by atoms with E-state index in [1.165, 1.54) is 6.47 Å². The van der Waals surface area contributed by atoms with Gasteiger partial charge in [0.05, 0.1) is 0 Å². The molecule has 0 saturated carbocycles. The first-order chi connectivity index (χ1) is 4.43. The Bertz CT molecular complexity index is 186. The maximum absolute atomic E-state index is 9.61. The van der Waals surface area contributed by atoms with Gasteiger partial charge in [-0.05, 0) is 0 Å². The first kappa shape index (κ1) is 9.79. The van der Waals surface area contributed by atoms with E-state index < -0.39 is 0 Å². The van der Waals surface area contributed by atoms with Crippen LogP contribution in [0, 0.1) is 6.07 Å². The number of hydrogen-bond donors (Lipinski definition) is 0. The summed E-state index contributed by atoms with van der Waals surface area (Å²) in [4.78, 5) is 9.61. The van der Waals surface area contributed by atoms with Crippen LogP contribution in [0.1, 0.15) is 0 Å². The molecule has 10 heavy (non-hydrogen) atoms. The molecule has 0 aliphatic heterocycles. The first-order valence-electron chi connectivity index (χ1n) is 2.44. The Morgan fingerprint density at radius 1 is 1.50 bits per heavy atom. The molecule has 0 bridgehead atoms. The van der Waals surface area contributed by atoms with E-state index in [-0.39, 0.29) is 32.7 Å².